The first kappa shape index (κ1) is 24.7. The zero-order valence-electron chi connectivity index (χ0n) is 17.5. The van der Waals surface area contributed by atoms with Crippen molar-refractivity contribution >= 4 is 35.8 Å². The van der Waals surface area contributed by atoms with Crippen LogP contribution in [0.3, 0.4) is 0 Å². The number of likely N-dealkylation sites (tertiary alicyclic amines) is 1. The maximum absolute atomic E-state index is 11.7. The van der Waals surface area contributed by atoms with Crippen LogP contribution in [0.15, 0.2) is 29.3 Å². The number of nitrogens with one attached hydrogen (secondary N) is 3. The summed E-state index contributed by atoms with van der Waals surface area (Å²) in [7, 11) is 3.47. The maximum Gasteiger partial charge on any atom is 0.251 e. The lowest BCUT2D eigenvalue weighted by Gasteiger charge is -2.33. The van der Waals surface area contributed by atoms with Gasteiger partial charge in [0, 0.05) is 45.3 Å². The molecule has 1 heterocycles. The van der Waals surface area contributed by atoms with Gasteiger partial charge < -0.3 is 20.9 Å². The van der Waals surface area contributed by atoms with Gasteiger partial charge in [-0.1, -0.05) is 25.5 Å². The minimum absolute atomic E-state index is 0. The first-order chi connectivity index (χ1) is 13.2. The van der Waals surface area contributed by atoms with Crippen LogP contribution >= 0.6 is 24.0 Å². The summed E-state index contributed by atoms with van der Waals surface area (Å²) in [6, 6.07) is 8.26. The molecule has 1 amide bonds. The number of benzene rings is 1. The van der Waals surface area contributed by atoms with Crippen molar-refractivity contribution < 1.29 is 4.79 Å². The molecule has 1 aliphatic rings. The van der Waals surface area contributed by atoms with E-state index < -0.39 is 0 Å². The van der Waals surface area contributed by atoms with Crippen molar-refractivity contribution in [1.82, 2.24) is 20.9 Å². The average Bonchev–Trinajstić information content (AvgIpc) is 2.72. The van der Waals surface area contributed by atoms with Crippen molar-refractivity contribution in [2.75, 3.05) is 40.3 Å². The summed E-state index contributed by atoms with van der Waals surface area (Å²) in [5, 5.41) is 9.62. The molecule has 0 aliphatic carbocycles. The third kappa shape index (κ3) is 8.34. The summed E-state index contributed by atoms with van der Waals surface area (Å²) in [6.45, 7) is 6.60. The molecule has 158 valence electrons. The van der Waals surface area contributed by atoms with E-state index in [-0.39, 0.29) is 29.9 Å². The molecule has 7 heteroatoms. The first-order valence-corrected chi connectivity index (χ1v) is 10.2. The molecule has 0 bridgehead atoms. The summed E-state index contributed by atoms with van der Waals surface area (Å²) in [6.07, 6.45) is 5.74. The average molecular weight is 501 g/mol. The summed E-state index contributed by atoms with van der Waals surface area (Å²) >= 11 is 0. The van der Waals surface area contributed by atoms with Gasteiger partial charge in [0.15, 0.2) is 5.96 Å². The van der Waals surface area contributed by atoms with E-state index >= 15 is 0 Å². The Morgan fingerprint density at radius 2 is 2.04 bits per heavy atom. The lowest BCUT2D eigenvalue weighted by molar-refractivity contribution is 0.0963. The summed E-state index contributed by atoms with van der Waals surface area (Å²) in [5.74, 6) is 0.817. The molecule has 1 aromatic carbocycles. The fourth-order valence-corrected chi connectivity index (χ4v) is 3.41. The zero-order chi connectivity index (χ0) is 19.5. The van der Waals surface area contributed by atoms with E-state index in [1.165, 1.54) is 45.3 Å². The molecule has 6 nitrogen and oxygen atoms in total. The Morgan fingerprint density at radius 3 is 2.68 bits per heavy atom. The van der Waals surface area contributed by atoms with Gasteiger partial charge in [0.25, 0.3) is 5.91 Å². The largest absolute Gasteiger partial charge is 0.356 e. The summed E-state index contributed by atoms with van der Waals surface area (Å²) in [5.41, 5.74) is 1.84. The van der Waals surface area contributed by atoms with Crippen molar-refractivity contribution in [2.45, 2.75) is 45.1 Å². The second-order valence-corrected chi connectivity index (χ2v) is 7.14. The molecule has 0 unspecified atom stereocenters. The highest BCUT2D eigenvalue weighted by Crippen LogP contribution is 2.11. The molecule has 3 N–H and O–H groups in total. The van der Waals surface area contributed by atoms with Crippen LogP contribution in [0.1, 0.15) is 48.5 Å². The van der Waals surface area contributed by atoms with Gasteiger partial charge in [0.2, 0.25) is 0 Å². The highest BCUT2D eigenvalue weighted by Gasteiger charge is 2.19. The van der Waals surface area contributed by atoms with Gasteiger partial charge in [0.05, 0.1) is 0 Å². The maximum atomic E-state index is 11.7. The second kappa shape index (κ2) is 13.8. The van der Waals surface area contributed by atoms with Crippen molar-refractivity contribution in [3.8, 4) is 0 Å². The molecular formula is C21H36IN5O. The minimum Gasteiger partial charge on any atom is -0.356 e. The van der Waals surface area contributed by atoms with Gasteiger partial charge in [-0.15, -0.1) is 24.0 Å². The first-order valence-electron chi connectivity index (χ1n) is 10.2. The van der Waals surface area contributed by atoms with Crippen molar-refractivity contribution in [3.05, 3.63) is 35.4 Å². The van der Waals surface area contributed by atoms with E-state index in [1.54, 1.807) is 7.05 Å². The number of unbranched alkanes of at least 4 members (excludes halogenated alkanes) is 1. The van der Waals surface area contributed by atoms with Crippen molar-refractivity contribution in [1.29, 1.82) is 0 Å². The van der Waals surface area contributed by atoms with Gasteiger partial charge in [-0.2, -0.15) is 0 Å². The number of nitrogens with zero attached hydrogens (tertiary/aromatic N) is 2. The molecular weight excluding hydrogens is 465 g/mol. The molecule has 0 aromatic heterocycles. The third-order valence-electron chi connectivity index (χ3n) is 5.10. The van der Waals surface area contributed by atoms with Gasteiger partial charge in [-0.25, -0.2) is 0 Å². The Hall–Kier alpha value is -1.35. The summed E-state index contributed by atoms with van der Waals surface area (Å²) < 4.78 is 0. The number of hydrogen-bond acceptors (Lipinski definition) is 3. The van der Waals surface area contributed by atoms with Crippen LogP contribution < -0.4 is 16.0 Å². The molecule has 28 heavy (non-hydrogen) atoms. The van der Waals surface area contributed by atoms with E-state index in [0.29, 0.717) is 11.6 Å². The Labute approximate surface area is 187 Å². The van der Waals surface area contributed by atoms with Crippen molar-refractivity contribution in [2.24, 2.45) is 4.99 Å². The van der Waals surface area contributed by atoms with E-state index in [9.17, 15) is 4.79 Å². The number of guanidine groups is 1. The van der Waals surface area contributed by atoms with Gasteiger partial charge >= 0.3 is 0 Å². The Kier molecular flexibility index (Phi) is 12.1. The fraction of sp³-hybridized carbons (Fsp3) is 0.619. The lowest BCUT2D eigenvalue weighted by atomic mass is 10.0. The predicted octanol–water partition coefficient (Wildman–Crippen LogP) is 2.64. The monoisotopic (exact) mass is 501 g/mol. The quantitative estimate of drug-likeness (QED) is 0.291. The van der Waals surface area contributed by atoms with E-state index in [2.05, 4.69) is 38.8 Å². The fourth-order valence-electron chi connectivity index (χ4n) is 3.41. The van der Waals surface area contributed by atoms with Crippen LogP contribution in [0, 0.1) is 0 Å². The van der Waals surface area contributed by atoms with Crippen LogP contribution in [-0.4, -0.2) is 63.1 Å². The molecule has 2 rings (SSSR count). The van der Waals surface area contributed by atoms with Crippen LogP contribution in [0.4, 0.5) is 0 Å². The van der Waals surface area contributed by atoms with Crippen LogP contribution in [-0.2, 0) is 6.42 Å². The van der Waals surface area contributed by atoms with Crippen molar-refractivity contribution in [3.63, 3.8) is 0 Å². The SMILES string of the molecule is CCCCN1CCC(NC(=NC)NCCc2cccc(C(=O)NC)c2)CC1.I. The van der Waals surface area contributed by atoms with Crippen LogP contribution in [0.5, 0.6) is 0 Å². The number of rotatable bonds is 8. The summed E-state index contributed by atoms with van der Waals surface area (Å²) in [4.78, 5) is 18.7. The second-order valence-electron chi connectivity index (χ2n) is 7.14. The number of carbonyl (C=O) groups excluding carboxylic acids is 1. The van der Waals surface area contributed by atoms with E-state index in [1.807, 2.05) is 25.2 Å². The molecule has 1 aromatic rings. The van der Waals surface area contributed by atoms with E-state index in [0.717, 1.165) is 24.5 Å². The lowest BCUT2D eigenvalue weighted by Crippen LogP contribution is -2.49. The number of aliphatic imine (C=N–C) groups is 1. The standard InChI is InChI=1S/C21H35N5O.HI/c1-4-5-13-26-14-10-19(11-15-26)25-21(23-3)24-12-9-17-7-6-8-18(16-17)20(27)22-2;/h6-8,16,19H,4-5,9-15H2,1-3H3,(H,22,27)(H2,23,24,25);1H. The van der Waals surface area contributed by atoms with Gasteiger partial charge in [-0.05, 0) is 49.9 Å². The number of halogens is 1. The third-order valence-corrected chi connectivity index (χ3v) is 5.10. The predicted molar refractivity (Wildman–Crippen MR) is 128 cm³/mol. The van der Waals surface area contributed by atoms with Gasteiger partial charge in [-0.3, -0.25) is 9.79 Å². The number of hydrogen-bond donors (Lipinski definition) is 3. The minimum atomic E-state index is -0.0486. The van der Waals surface area contributed by atoms with Crippen LogP contribution in [0.2, 0.25) is 0 Å². The Bertz CT molecular complexity index is 615. The smallest absolute Gasteiger partial charge is 0.251 e. The Morgan fingerprint density at radius 1 is 1.29 bits per heavy atom. The molecule has 0 saturated carbocycles. The zero-order valence-corrected chi connectivity index (χ0v) is 19.8. The van der Waals surface area contributed by atoms with E-state index in [4.69, 9.17) is 0 Å². The number of amides is 1. The Balaban J connectivity index is 0.00000392. The topological polar surface area (TPSA) is 68.8 Å². The molecule has 1 aliphatic heterocycles. The number of piperidine rings is 1. The molecule has 0 spiro atoms. The van der Waals surface area contributed by atoms with Crippen LogP contribution in [0.25, 0.3) is 0 Å². The molecule has 0 radical (unpaired) electrons. The van der Waals surface area contributed by atoms with Gasteiger partial charge in [0.1, 0.15) is 0 Å². The molecule has 0 atom stereocenters. The normalized spacial score (nSPS) is 15.6. The number of carbonyl (C=O) groups is 1. The highest BCUT2D eigenvalue weighted by atomic mass is 127. The molecule has 1 saturated heterocycles. The highest BCUT2D eigenvalue weighted by molar-refractivity contribution is 14.0. The molecule has 1 fully saturated rings.